The van der Waals surface area contributed by atoms with Crippen molar-refractivity contribution in [3.05, 3.63) is 50.6 Å². The van der Waals surface area contributed by atoms with Gasteiger partial charge in [-0.05, 0) is 63.6 Å². The molecule has 1 amide bonds. The van der Waals surface area contributed by atoms with Crippen molar-refractivity contribution in [3.63, 3.8) is 0 Å². The fourth-order valence-corrected chi connectivity index (χ4v) is 6.25. The Morgan fingerprint density at radius 2 is 2.03 bits per heavy atom. The summed E-state index contributed by atoms with van der Waals surface area (Å²) in [4.78, 5) is 33.3. The van der Waals surface area contributed by atoms with Gasteiger partial charge in [0, 0.05) is 11.4 Å². The average Bonchev–Trinajstić information content (AvgIpc) is 2.90. The quantitative estimate of drug-likeness (QED) is 0.356. The number of aromatic nitrogens is 2. The third-order valence-corrected chi connectivity index (χ3v) is 7.80. The lowest BCUT2D eigenvalue weighted by atomic mass is 10.1. The first kappa shape index (κ1) is 21.1. The SMILES string of the molecule is CCNC(=O)C(C)Sc1nc2sc3c(c2c(=O)n1-c1ccccc1C)CCCCC3. The van der Waals surface area contributed by atoms with Crippen LogP contribution < -0.4 is 10.9 Å². The molecule has 1 aliphatic carbocycles. The number of hydrogen-bond acceptors (Lipinski definition) is 5. The predicted molar refractivity (Wildman–Crippen MR) is 125 cm³/mol. The van der Waals surface area contributed by atoms with Crippen molar-refractivity contribution in [2.75, 3.05) is 6.54 Å². The van der Waals surface area contributed by atoms with Crippen LogP contribution in [0.1, 0.15) is 49.1 Å². The van der Waals surface area contributed by atoms with Crippen molar-refractivity contribution in [3.8, 4) is 5.69 Å². The Morgan fingerprint density at radius 3 is 2.80 bits per heavy atom. The number of para-hydroxylation sites is 1. The molecule has 3 aromatic rings. The van der Waals surface area contributed by atoms with Gasteiger partial charge in [0.15, 0.2) is 5.16 Å². The molecule has 5 nitrogen and oxygen atoms in total. The van der Waals surface area contributed by atoms with Crippen LogP contribution >= 0.6 is 23.1 Å². The molecule has 0 saturated carbocycles. The molecule has 0 spiro atoms. The van der Waals surface area contributed by atoms with Crippen LogP contribution in [0, 0.1) is 6.92 Å². The van der Waals surface area contributed by atoms with E-state index >= 15 is 0 Å². The van der Waals surface area contributed by atoms with Gasteiger partial charge < -0.3 is 5.32 Å². The first-order valence-electron chi connectivity index (χ1n) is 10.6. The van der Waals surface area contributed by atoms with Gasteiger partial charge in [0.2, 0.25) is 5.91 Å². The van der Waals surface area contributed by atoms with Gasteiger partial charge in [-0.1, -0.05) is 36.4 Å². The number of carbonyl (C=O) groups excluding carboxylic acids is 1. The van der Waals surface area contributed by atoms with E-state index in [1.165, 1.54) is 35.0 Å². The number of hydrogen-bond donors (Lipinski definition) is 1. The Hall–Kier alpha value is -2.12. The highest BCUT2D eigenvalue weighted by molar-refractivity contribution is 8.00. The van der Waals surface area contributed by atoms with Gasteiger partial charge in [0.05, 0.1) is 16.3 Å². The van der Waals surface area contributed by atoms with E-state index in [9.17, 15) is 9.59 Å². The minimum Gasteiger partial charge on any atom is -0.355 e. The number of fused-ring (bicyclic) bond motifs is 3. The summed E-state index contributed by atoms with van der Waals surface area (Å²) in [6.45, 7) is 6.35. The summed E-state index contributed by atoms with van der Waals surface area (Å²) < 4.78 is 1.72. The molecule has 30 heavy (non-hydrogen) atoms. The largest absolute Gasteiger partial charge is 0.355 e. The summed E-state index contributed by atoms with van der Waals surface area (Å²) in [5.74, 6) is -0.0462. The predicted octanol–water partition coefficient (Wildman–Crippen LogP) is 4.64. The molecule has 1 unspecified atom stereocenters. The van der Waals surface area contributed by atoms with Crippen LogP contribution in [0.15, 0.2) is 34.2 Å². The molecule has 0 saturated heterocycles. The Morgan fingerprint density at radius 1 is 1.27 bits per heavy atom. The van der Waals surface area contributed by atoms with Crippen LogP contribution in [0.5, 0.6) is 0 Å². The van der Waals surface area contributed by atoms with E-state index in [-0.39, 0.29) is 16.7 Å². The molecule has 1 aromatic carbocycles. The number of nitrogens with one attached hydrogen (secondary N) is 1. The maximum Gasteiger partial charge on any atom is 0.267 e. The number of aryl methyl sites for hydroxylation is 3. The monoisotopic (exact) mass is 441 g/mol. The number of benzene rings is 1. The number of carbonyl (C=O) groups is 1. The van der Waals surface area contributed by atoms with Gasteiger partial charge in [-0.3, -0.25) is 14.2 Å². The van der Waals surface area contributed by atoms with Crippen molar-refractivity contribution >= 4 is 39.2 Å². The number of thioether (sulfide) groups is 1. The van der Waals surface area contributed by atoms with Crippen LogP contribution in [0.25, 0.3) is 15.9 Å². The molecule has 2 heterocycles. The van der Waals surface area contributed by atoms with Crippen LogP contribution in [0.2, 0.25) is 0 Å². The third-order valence-electron chi connectivity index (χ3n) is 5.57. The molecule has 0 fully saturated rings. The zero-order chi connectivity index (χ0) is 21.3. The number of amides is 1. The van der Waals surface area contributed by atoms with Crippen LogP contribution in [-0.4, -0.2) is 27.3 Å². The minimum atomic E-state index is -0.345. The van der Waals surface area contributed by atoms with Crippen molar-refractivity contribution < 1.29 is 4.79 Å². The van der Waals surface area contributed by atoms with E-state index in [2.05, 4.69) is 5.32 Å². The highest BCUT2D eigenvalue weighted by atomic mass is 32.2. The smallest absolute Gasteiger partial charge is 0.267 e. The van der Waals surface area contributed by atoms with E-state index in [0.717, 1.165) is 40.7 Å². The minimum absolute atomic E-state index is 0.0145. The van der Waals surface area contributed by atoms with Crippen LogP contribution in [0.3, 0.4) is 0 Å². The van der Waals surface area contributed by atoms with Gasteiger partial charge in [-0.25, -0.2) is 4.98 Å². The zero-order valence-electron chi connectivity index (χ0n) is 17.7. The molecule has 4 rings (SSSR count). The van der Waals surface area contributed by atoms with E-state index in [1.807, 2.05) is 45.0 Å². The second kappa shape index (κ2) is 8.94. The van der Waals surface area contributed by atoms with E-state index < -0.39 is 0 Å². The third kappa shape index (κ3) is 3.93. The summed E-state index contributed by atoms with van der Waals surface area (Å²) >= 11 is 3.00. The van der Waals surface area contributed by atoms with Gasteiger partial charge in [-0.15, -0.1) is 11.3 Å². The summed E-state index contributed by atoms with van der Waals surface area (Å²) in [7, 11) is 0. The fraction of sp³-hybridized carbons (Fsp3) is 0.435. The molecule has 1 N–H and O–H groups in total. The Labute approximate surface area is 184 Å². The summed E-state index contributed by atoms with van der Waals surface area (Å²) in [5.41, 5.74) is 3.02. The van der Waals surface area contributed by atoms with Crippen LogP contribution in [0.4, 0.5) is 0 Å². The summed E-state index contributed by atoms with van der Waals surface area (Å²) in [6, 6.07) is 7.86. The molecule has 158 valence electrons. The first-order chi connectivity index (χ1) is 14.5. The lowest BCUT2D eigenvalue weighted by molar-refractivity contribution is -0.120. The molecule has 2 aromatic heterocycles. The lowest BCUT2D eigenvalue weighted by Gasteiger charge is -2.17. The first-order valence-corrected chi connectivity index (χ1v) is 12.3. The fourth-order valence-electron chi connectivity index (χ4n) is 4.00. The molecule has 7 heteroatoms. The highest BCUT2D eigenvalue weighted by Crippen LogP contribution is 2.35. The molecule has 0 radical (unpaired) electrons. The Balaban J connectivity index is 1.93. The van der Waals surface area contributed by atoms with Crippen molar-refractivity contribution in [1.82, 2.24) is 14.9 Å². The van der Waals surface area contributed by atoms with Gasteiger partial charge in [0.1, 0.15) is 4.83 Å². The zero-order valence-corrected chi connectivity index (χ0v) is 19.3. The second-order valence-electron chi connectivity index (χ2n) is 7.72. The number of thiophene rings is 1. The van der Waals surface area contributed by atoms with E-state index in [0.29, 0.717) is 11.7 Å². The van der Waals surface area contributed by atoms with Gasteiger partial charge >= 0.3 is 0 Å². The topological polar surface area (TPSA) is 64.0 Å². The van der Waals surface area contributed by atoms with Crippen molar-refractivity contribution in [1.29, 1.82) is 0 Å². The normalized spacial score (nSPS) is 14.9. The van der Waals surface area contributed by atoms with E-state index in [1.54, 1.807) is 15.9 Å². The lowest BCUT2D eigenvalue weighted by Crippen LogP contribution is -2.31. The Bertz CT molecular complexity index is 1150. The van der Waals surface area contributed by atoms with Crippen LogP contribution in [-0.2, 0) is 17.6 Å². The van der Waals surface area contributed by atoms with Crippen molar-refractivity contribution in [2.24, 2.45) is 0 Å². The van der Waals surface area contributed by atoms with E-state index in [4.69, 9.17) is 4.98 Å². The molecular weight excluding hydrogens is 414 g/mol. The highest BCUT2D eigenvalue weighted by Gasteiger charge is 2.25. The molecule has 1 aliphatic rings. The maximum absolute atomic E-state index is 13.8. The molecule has 0 bridgehead atoms. The molecular formula is C23H27N3O2S2. The van der Waals surface area contributed by atoms with Crippen molar-refractivity contribution in [2.45, 2.75) is 63.3 Å². The summed E-state index contributed by atoms with van der Waals surface area (Å²) in [6.07, 6.45) is 5.47. The Kier molecular flexibility index (Phi) is 6.29. The second-order valence-corrected chi connectivity index (χ2v) is 10.1. The number of rotatable bonds is 5. The maximum atomic E-state index is 13.8. The number of nitrogens with zero attached hydrogens (tertiary/aromatic N) is 2. The average molecular weight is 442 g/mol. The molecule has 1 atom stereocenters. The van der Waals surface area contributed by atoms with Gasteiger partial charge in [-0.2, -0.15) is 0 Å². The molecule has 0 aliphatic heterocycles. The standard InChI is InChI=1S/C23H27N3O2S2/c1-4-24-20(27)15(3)29-23-25-21-19(16-11-6-5-7-13-18(16)30-21)22(28)26(23)17-12-9-8-10-14(17)2/h8-10,12,15H,4-7,11,13H2,1-3H3,(H,24,27). The summed E-state index contributed by atoms with van der Waals surface area (Å²) in [5, 5.41) is 3.87. The van der Waals surface area contributed by atoms with Gasteiger partial charge in [0.25, 0.3) is 5.56 Å².